The third kappa shape index (κ3) is 3.86. The predicted molar refractivity (Wildman–Crippen MR) is 78.2 cm³/mol. The average Bonchev–Trinajstić information content (AvgIpc) is 2.43. The highest BCUT2D eigenvalue weighted by molar-refractivity contribution is 6.31. The molecule has 0 saturated carbocycles. The highest BCUT2D eigenvalue weighted by Crippen LogP contribution is 2.23. The van der Waals surface area contributed by atoms with Gasteiger partial charge in [0.1, 0.15) is 11.6 Å². The number of hydrogen-bond donors (Lipinski definition) is 2. The van der Waals surface area contributed by atoms with Crippen molar-refractivity contribution in [3.63, 3.8) is 0 Å². The van der Waals surface area contributed by atoms with Crippen molar-refractivity contribution < 1.29 is 19.0 Å². The number of halogens is 2. The summed E-state index contributed by atoms with van der Waals surface area (Å²) >= 11 is 5.90. The van der Waals surface area contributed by atoms with E-state index in [0.29, 0.717) is 21.8 Å². The number of methoxy groups -OCH3 is 1. The Hall–Kier alpha value is -2.27. The Kier molecular flexibility index (Phi) is 4.65. The van der Waals surface area contributed by atoms with Crippen molar-refractivity contribution >= 4 is 23.3 Å². The molecule has 110 valence electrons. The van der Waals surface area contributed by atoms with Crippen molar-refractivity contribution in [2.45, 2.75) is 6.54 Å². The molecule has 0 aliphatic carbocycles. The number of benzene rings is 2. The lowest BCUT2D eigenvalue weighted by molar-refractivity contribution is 0.0602. The van der Waals surface area contributed by atoms with Gasteiger partial charge in [-0.1, -0.05) is 11.6 Å². The number of phenolic OH excluding ortho intramolecular Hbond substituents is 1. The standard InChI is InChI=1S/C15H13ClFNO3/c1-21-15(20)13-3-2-10(16)6-14(13)18-8-9-4-11(17)7-12(19)5-9/h2-7,18-19H,8H2,1H3. The van der Waals surface area contributed by atoms with Crippen LogP contribution in [0, 0.1) is 5.82 Å². The Labute approximate surface area is 126 Å². The van der Waals surface area contributed by atoms with Crippen LogP contribution in [0.3, 0.4) is 0 Å². The summed E-state index contributed by atoms with van der Waals surface area (Å²) in [6, 6.07) is 8.43. The van der Waals surface area contributed by atoms with Crippen molar-refractivity contribution in [1.82, 2.24) is 0 Å². The molecule has 6 heteroatoms. The Bertz CT molecular complexity index is 656. The molecule has 21 heavy (non-hydrogen) atoms. The van der Waals surface area contributed by atoms with E-state index in [1.54, 1.807) is 18.2 Å². The number of esters is 1. The van der Waals surface area contributed by atoms with Gasteiger partial charge < -0.3 is 15.2 Å². The molecule has 0 saturated heterocycles. The first-order chi connectivity index (χ1) is 9.99. The van der Waals surface area contributed by atoms with Crippen LogP contribution >= 0.6 is 11.6 Å². The maximum atomic E-state index is 13.2. The van der Waals surface area contributed by atoms with Crippen molar-refractivity contribution in [2.75, 3.05) is 12.4 Å². The van der Waals surface area contributed by atoms with Crippen LogP contribution in [0.15, 0.2) is 36.4 Å². The third-order valence-electron chi connectivity index (χ3n) is 2.81. The Balaban J connectivity index is 2.22. The lowest BCUT2D eigenvalue weighted by Crippen LogP contribution is -2.08. The molecule has 0 spiro atoms. The van der Waals surface area contributed by atoms with Gasteiger partial charge in [-0.05, 0) is 35.9 Å². The Morgan fingerprint density at radius 2 is 2.10 bits per heavy atom. The topological polar surface area (TPSA) is 58.6 Å². The second kappa shape index (κ2) is 6.45. The van der Waals surface area contributed by atoms with E-state index in [9.17, 15) is 14.3 Å². The molecule has 0 unspecified atom stereocenters. The zero-order valence-electron chi connectivity index (χ0n) is 11.2. The summed E-state index contributed by atoms with van der Waals surface area (Å²) in [4.78, 5) is 11.7. The van der Waals surface area contributed by atoms with Crippen LogP contribution in [0.2, 0.25) is 5.02 Å². The van der Waals surface area contributed by atoms with E-state index in [1.165, 1.54) is 19.2 Å². The van der Waals surface area contributed by atoms with Crippen molar-refractivity contribution in [3.05, 3.63) is 58.4 Å². The highest BCUT2D eigenvalue weighted by Gasteiger charge is 2.12. The second-order valence-electron chi connectivity index (χ2n) is 4.35. The van der Waals surface area contributed by atoms with Gasteiger partial charge in [-0.25, -0.2) is 9.18 Å². The van der Waals surface area contributed by atoms with Crippen LogP contribution in [-0.4, -0.2) is 18.2 Å². The minimum Gasteiger partial charge on any atom is -0.508 e. The van der Waals surface area contributed by atoms with Gasteiger partial charge in [-0.2, -0.15) is 0 Å². The van der Waals surface area contributed by atoms with Gasteiger partial charge in [0.15, 0.2) is 0 Å². The number of anilines is 1. The molecular formula is C15H13ClFNO3. The number of hydrogen-bond acceptors (Lipinski definition) is 4. The smallest absolute Gasteiger partial charge is 0.339 e. The van der Waals surface area contributed by atoms with Crippen molar-refractivity contribution in [2.24, 2.45) is 0 Å². The quantitative estimate of drug-likeness (QED) is 0.848. The monoisotopic (exact) mass is 309 g/mol. The molecule has 0 amide bonds. The van der Waals surface area contributed by atoms with E-state index in [0.717, 1.165) is 6.07 Å². The van der Waals surface area contributed by atoms with Gasteiger partial charge in [0.2, 0.25) is 0 Å². The molecular weight excluding hydrogens is 297 g/mol. The second-order valence-corrected chi connectivity index (χ2v) is 4.79. The van der Waals surface area contributed by atoms with E-state index in [2.05, 4.69) is 10.1 Å². The van der Waals surface area contributed by atoms with E-state index >= 15 is 0 Å². The first-order valence-electron chi connectivity index (χ1n) is 6.10. The van der Waals surface area contributed by atoms with E-state index in [-0.39, 0.29) is 12.3 Å². The average molecular weight is 310 g/mol. The summed E-state index contributed by atoms with van der Waals surface area (Å²) in [5, 5.41) is 12.8. The lowest BCUT2D eigenvalue weighted by atomic mass is 10.1. The SMILES string of the molecule is COC(=O)c1ccc(Cl)cc1NCc1cc(O)cc(F)c1. The number of rotatable bonds is 4. The summed E-state index contributed by atoms with van der Waals surface area (Å²) in [5.41, 5.74) is 1.32. The van der Waals surface area contributed by atoms with Gasteiger partial charge in [0.25, 0.3) is 0 Å². The van der Waals surface area contributed by atoms with Gasteiger partial charge in [-0.3, -0.25) is 0 Å². The fourth-order valence-corrected chi connectivity index (χ4v) is 2.06. The molecule has 0 heterocycles. The normalized spacial score (nSPS) is 10.2. The molecule has 0 aliphatic heterocycles. The van der Waals surface area contributed by atoms with Gasteiger partial charge in [0.05, 0.1) is 18.4 Å². The number of ether oxygens (including phenoxy) is 1. The van der Waals surface area contributed by atoms with Crippen LogP contribution < -0.4 is 5.32 Å². The molecule has 0 radical (unpaired) electrons. The minimum absolute atomic E-state index is 0.161. The minimum atomic E-state index is -0.536. The highest BCUT2D eigenvalue weighted by atomic mass is 35.5. The maximum absolute atomic E-state index is 13.2. The van der Waals surface area contributed by atoms with E-state index in [4.69, 9.17) is 11.6 Å². The van der Waals surface area contributed by atoms with Gasteiger partial charge in [-0.15, -0.1) is 0 Å². The summed E-state index contributed by atoms with van der Waals surface area (Å²) in [7, 11) is 1.28. The summed E-state index contributed by atoms with van der Waals surface area (Å²) in [6.07, 6.45) is 0. The predicted octanol–water partition coefficient (Wildman–Crippen LogP) is 3.58. The molecule has 0 atom stereocenters. The van der Waals surface area contributed by atoms with Crippen molar-refractivity contribution in [3.8, 4) is 5.75 Å². The molecule has 0 bridgehead atoms. The maximum Gasteiger partial charge on any atom is 0.339 e. The van der Waals surface area contributed by atoms with Gasteiger partial charge in [0, 0.05) is 17.6 Å². The number of aromatic hydroxyl groups is 1. The van der Waals surface area contributed by atoms with Crippen molar-refractivity contribution in [1.29, 1.82) is 0 Å². The van der Waals surface area contributed by atoms with Crippen LogP contribution in [0.25, 0.3) is 0 Å². The fourth-order valence-electron chi connectivity index (χ4n) is 1.88. The molecule has 4 nitrogen and oxygen atoms in total. The first kappa shape index (κ1) is 15.1. The molecule has 2 N–H and O–H groups in total. The Morgan fingerprint density at radius 1 is 1.33 bits per heavy atom. The van der Waals surface area contributed by atoms with Crippen LogP contribution in [0.1, 0.15) is 15.9 Å². The number of nitrogens with one attached hydrogen (secondary N) is 1. The van der Waals surface area contributed by atoms with Crippen LogP contribution in [-0.2, 0) is 11.3 Å². The number of carbonyl (C=O) groups excluding carboxylic acids is 1. The molecule has 0 aliphatic rings. The molecule has 2 rings (SSSR count). The molecule has 2 aromatic carbocycles. The first-order valence-corrected chi connectivity index (χ1v) is 6.47. The molecule has 0 fully saturated rings. The summed E-state index contributed by atoms with van der Waals surface area (Å²) in [5.74, 6) is -1.20. The number of phenols is 1. The lowest BCUT2D eigenvalue weighted by Gasteiger charge is -2.11. The van der Waals surface area contributed by atoms with Crippen LogP contribution in [0.5, 0.6) is 5.75 Å². The Morgan fingerprint density at radius 3 is 2.76 bits per heavy atom. The zero-order valence-corrected chi connectivity index (χ0v) is 11.9. The summed E-state index contributed by atoms with van der Waals surface area (Å²) < 4.78 is 17.9. The van der Waals surface area contributed by atoms with Crippen LogP contribution in [0.4, 0.5) is 10.1 Å². The van der Waals surface area contributed by atoms with Gasteiger partial charge >= 0.3 is 5.97 Å². The molecule has 2 aromatic rings. The zero-order chi connectivity index (χ0) is 15.4. The molecule has 0 aromatic heterocycles. The fraction of sp³-hybridized carbons (Fsp3) is 0.133. The number of carbonyl (C=O) groups is 1. The summed E-state index contributed by atoms with van der Waals surface area (Å²) in [6.45, 7) is 0.218. The third-order valence-corrected chi connectivity index (χ3v) is 3.05. The van der Waals surface area contributed by atoms with E-state index < -0.39 is 11.8 Å². The largest absolute Gasteiger partial charge is 0.508 e. The van der Waals surface area contributed by atoms with E-state index in [1.807, 2.05) is 0 Å².